The molecule has 0 spiro atoms. The van der Waals surface area contributed by atoms with Gasteiger partial charge in [-0.3, -0.25) is 4.79 Å². The van der Waals surface area contributed by atoms with Crippen molar-refractivity contribution >= 4 is 34.9 Å². The maximum atomic E-state index is 11.7. The van der Waals surface area contributed by atoms with Gasteiger partial charge in [-0.05, 0) is 31.4 Å². The van der Waals surface area contributed by atoms with E-state index >= 15 is 0 Å². The monoisotopic (exact) mass is 357 g/mol. The number of urea groups is 1. The van der Waals surface area contributed by atoms with Crippen LogP contribution in [0.15, 0.2) is 12.1 Å². The van der Waals surface area contributed by atoms with Crippen molar-refractivity contribution in [3.63, 3.8) is 0 Å². The second kappa shape index (κ2) is 9.78. The van der Waals surface area contributed by atoms with Gasteiger partial charge in [-0.1, -0.05) is 30.9 Å². The topological polar surface area (TPSA) is 70.2 Å². The number of carbonyl (C=O) groups is 2. The summed E-state index contributed by atoms with van der Waals surface area (Å²) in [4.78, 5) is 24.5. The summed E-state index contributed by atoms with van der Waals surface area (Å²) >= 11 is 7.30. The lowest BCUT2D eigenvalue weighted by Crippen LogP contribution is -2.43. The summed E-state index contributed by atoms with van der Waals surface area (Å²) in [6.45, 7) is 1.02. The van der Waals surface area contributed by atoms with E-state index in [4.69, 9.17) is 11.6 Å². The standard InChI is InChI=1S/C16H24ClN3O2S/c17-14-9-8-13(23-14)11-19-15(21)7-4-10-18-16(22)20-12-5-2-1-3-6-12/h8-9,12H,1-7,10-11H2,(H,19,21)(H2,18,20,22). The third-order valence-electron chi connectivity index (χ3n) is 3.90. The van der Waals surface area contributed by atoms with Crippen molar-refractivity contribution in [2.45, 2.75) is 57.5 Å². The van der Waals surface area contributed by atoms with E-state index in [0.29, 0.717) is 32.0 Å². The zero-order valence-corrected chi connectivity index (χ0v) is 14.8. The van der Waals surface area contributed by atoms with Gasteiger partial charge in [-0.25, -0.2) is 4.79 Å². The van der Waals surface area contributed by atoms with Gasteiger partial charge >= 0.3 is 6.03 Å². The largest absolute Gasteiger partial charge is 0.351 e. The summed E-state index contributed by atoms with van der Waals surface area (Å²) in [5.74, 6) is -0.0102. The van der Waals surface area contributed by atoms with Crippen molar-refractivity contribution < 1.29 is 9.59 Å². The van der Waals surface area contributed by atoms with Crippen molar-refractivity contribution in [1.82, 2.24) is 16.0 Å². The third kappa shape index (κ3) is 7.22. The molecule has 1 saturated carbocycles. The molecule has 3 N–H and O–H groups in total. The van der Waals surface area contributed by atoms with Gasteiger partial charge < -0.3 is 16.0 Å². The quantitative estimate of drug-likeness (QED) is 0.654. The van der Waals surface area contributed by atoms with Crippen LogP contribution in [0.2, 0.25) is 4.34 Å². The Morgan fingerprint density at radius 2 is 1.96 bits per heavy atom. The molecule has 1 aliphatic rings. The minimum atomic E-state index is -0.120. The van der Waals surface area contributed by atoms with Crippen LogP contribution in [-0.4, -0.2) is 24.5 Å². The molecule has 1 fully saturated rings. The minimum absolute atomic E-state index is 0.0102. The van der Waals surface area contributed by atoms with E-state index in [1.165, 1.54) is 30.6 Å². The number of amides is 3. The fraction of sp³-hybridized carbons (Fsp3) is 0.625. The Morgan fingerprint density at radius 3 is 2.65 bits per heavy atom. The summed E-state index contributed by atoms with van der Waals surface area (Å²) in [6.07, 6.45) is 6.84. The summed E-state index contributed by atoms with van der Waals surface area (Å²) in [5, 5.41) is 8.66. The van der Waals surface area contributed by atoms with Crippen molar-refractivity contribution in [1.29, 1.82) is 0 Å². The van der Waals surface area contributed by atoms with Gasteiger partial charge in [0.15, 0.2) is 0 Å². The number of rotatable bonds is 7. The predicted octanol–water partition coefficient (Wildman–Crippen LogP) is 3.43. The maximum absolute atomic E-state index is 11.7. The molecular weight excluding hydrogens is 334 g/mol. The van der Waals surface area contributed by atoms with Gasteiger partial charge in [0.05, 0.1) is 10.9 Å². The van der Waals surface area contributed by atoms with Crippen molar-refractivity contribution in [3.05, 3.63) is 21.3 Å². The predicted molar refractivity (Wildman–Crippen MR) is 93.8 cm³/mol. The van der Waals surface area contributed by atoms with E-state index < -0.39 is 0 Å². The first-order valence-electron chi connectivity index (χ1n) is 8.19. The summed E-state index contributed by atoms with van der Waals surface area (Å²) in [6, 6.07) is 3.92. The van der Waals surface area contributed by atoms with Crippen LogP contribution in [0, 0.1) is 0 Å². The van der Waals surface area contributed by atoms with E-state index in [9.17, 15) is 9.59 Å². The molecule has 5 nitrogen and oxygen atoms in total. The van der Waals surface area contributed by atoms with E-state index in [1.807, 2.05) is 12.1 Å². The van der Waals surface area contributed by atoms with E-state index in [0.717, 1.165) is 22.1 Å². The minimum Gasteiger partial charge on any atom is -0.351 e. The molecule has 128 valence electrons. The zero-order chi connectivity index (χ0) is 16.5. The smallest absolute Gasteiger partial charge is 0.315 e. The number of hydrogen-bond acceptors (Lipinski definition) is 3. The Balaban J connectivity index is 1.50. The molecule has 3 amide bonds. The molecular formula is C16H24ClN3O2S. The Kier molecular flexibility index (Phi) is 7.68. The van der Waals surface area contributed by atoms with Gasteiger partial charge in [0.2, 0.25) is 5.91 Å². The molecule has 0 unspecified atom stereocenters. The average molecular weight is 358 g/mol. The molecule has 0 aromatic carbocycles. The first-order chi connectivity index (χ1) is 11.1. The number of carbonyl (C=O) groups excluding carboxylic acids is 2. The first kappa shape index (κ1) is 18.1. The number of halogens is 1. The van der Waals surface area contributed by atoms with E-state index in [-0.39, 0.29) is 11.9 Å². The first-order valence-corrected chi connectivity index (χ1v) is 9.38. The third-order valence-corrected chi connectivity index (χ3v) is 5.13. The molecule has 23 heavy (non-hydrogen) atoms. The Hall–Kier alpha value is -1.27. The van der Waals surface area contributed by atoms with Crippen LogP contribution >= 0.6 is 22.9 Å². The molecule has 0 bridgehead atoms. The molecule has 1 aliphatic carbocycles. The van der Waals surface area contributed by atoms with Gasteiger partial charge in [-0.2, -0.15) is 0 Å². The van der Waals surface area contributed by atoms with Crippen molar-refractivity contribution in [2.75, 3.05) is 6.54 Å². The van der Waals surface area contributed by atoms with Crippen LogP contribution in [-0.2, 0) is 11.3 Å². The Morgan fingerprint density at radius 1 is 1.17 bits per heavy atom. The Labute approximate surface area is 146 Å². The molecule has 1 aromatic rings. The Bertz CT molecular complexity index is 515. The number of hydrogen-bond donors (Lipinski definition) is 3. The lowest BCUT2D eigenvalue weighted by Gasteiger charge is -2.22. The van der Waals surface area contributed by atoms with Crippen LogP contribution < -0.4 is 16.0 Å². The van der Waals surface area contributed by atoms with Gasteiger partial charge in [0.25, 0.3) is 0 Å². The fourth-order valence-electron chi connectivity index (χ4n) is 2.66. The van der Waals surface area contributed by atoms with Gasteiger partial charge in [0.1, 0.15) is 0 Å². The van der Waals surface area contributed by atoms with E-state index in [2.05, 4.69) is 16.0 Å². The molecule has 1 aromatic heterocycles. The second-order valence-electron chi connectivity index (χ2n) is 5.82. The highest BCUT2D eigenvalue weighted by atomic mass is 35.5. The molecule has 0 saturated heterocycles. The van der Waals surface area contributed by atoms with Crippen molar-refractivity contribution in [3.8, 4) is 0 Å². The van der Waals surface area contributed by atoms with Crippen LogP contribution in [0.25, 0.3) is 0 Å². The SMILES string of the molecule is O=C(CCCNC(=O)NC1CCCCC1)NCc1ccc(Cl)s1. The normalized spacial score (nSPS) is 15.2. The number of thiophene rings is 1. The number of nitrogens with one attached hydrogen (secondary N) is 3. The molecule has 0 aliphatic heterocycles. The maximum Gasteiger partial charge on any atom is 0.315 e. The molecule has 1 heterocycles. The second-order valence-corrected chi connectivity index (χ2v) is 7.62. The van der Waals surface area contributed by atoms with E-state index in [1.54, 1.807) is 0 Å². The highest BCUT2D eigenvalue weighted by Crippen LogP contribution is 2.21. The van der Waals surface area contributed by atoms with Gasteiger partial charge in [-0.15, -0.1) is 11.3 Å². The fourth-order valence-corrected chi connectivity index (χ4v) is 3.68. The van der Waals surface area contributed by atoms with Crippen LogP contribution in [0.1, 0.15) is 49.8 Å². The lowest BCUT2D eigenvalue weighted by molar-refractivity contribution is -0.121. The zero-order valence-electron chi connectivity index (χ0n) is 13.2. The summed E-state index contributed by atoms with van der Waals surface area (Å²) in [5.41, 5.74) is 0. The molecule has 0 atom stereocenters. The van der Waals surface area contributed by atoms with Crippen LogP contribution in [0.5, 0.6) is 0 Å². The highest BCUT2D eigenvalue weighted by molar-refractivity contribution is 7.16. The van der Waals surface area contributed by atoms with Crippen LogP contribution in [0.3, 0.4) is 0 Å². The highest BCUT2D eigenvalue weighted by Gasteiger charge is 2.15. The van der Waals surface area contributed by atoms with Gasteiger partial charge in [0, 0.05) is 23.9 Å². The molecule has 7 heteroatoms. The lowest BCUT2D eigenvalue weighted by atomic mass is 9.96. The van der Waals surface area contributed by atoms with Crippen LogP contribution in [0.4, 0.5) is 4.79 Å². The van der Waals surface area contributed by atoms with Crippen molar-refractivity contribution in [2.24, 2.45) is 0 Å². The molecule has 2 rings (SSSR count). The molecule has 0 radical (unpaired) electrons. The summed E-state index contributed by atoms with van der Waals surface area (Å²) < 4.78 is 0.724. The summed E-state index contributed by atoms with van der Waals surface area (Å²) in [7, 11) is 0. The average Bonchev–Trinajstić information content (AvgIpc) is 2.96.